The van der Waals surface area contributed by atoms with Crippen LogP contribution in [0, 0.1) is 22.0 Å². The summed E-state index contributed by atoms with van der Waals surface area (Å²) in [5.41, 5.74) is 3.07. The fourth-order valence-electron chi connectivity index (χ4n) is 6.60. The number of carbonyl (C=O) groups is 1. The Morgan fingerprint density at radius 1 is 1.15 bits per heavy atom. The van der Waals surface area contributed by atoms with Crippen LogP contribution >= 0.6 is 0 Å². The molecular weight excluding hydrogens is 506 g/mol. The largest absolute Gasteiger partial charge is 0.487 e. The molecule has 224 valence electrons. The number of hydrogen-bond donors (Lipinski definition) is 0. The lowest BCUT2D eigenvalue weighted by Gasteiger charge is -2.47. The summed E-state index contributed by atoms with van der Waals surface area (Å²) in [5.74, 6) is 1.89. The topological polar surface area (TPSA) is 87.9 Å². The molecular formula is C33H51NO6. The molecule has 0 N–H and O–H groups in total. The monoisotopic (exact) mass is 557 g/mol. The Hall–Kier alpha value is -2.57. The fourth-order valence-corrected chi connectivity index (χ4v) is 6.60. The molecule has 0 bridgehead atoms. The summed E-state index contributed by atoms with van der Waals surface area (Å²) in [6, 6.07) is 4.31. The van der Waals surface area contributed by atoms with Gasteiger partial charge in [-0.2, -0.15) is 0 Å². The number of esters is 1. The Kier molecular flexibility index (Phi) is 11.1. The van der Waals surface area contributed by atoms with Gasteiger partial charge in [-0.25, -0.2) is 0 Å². The zero-order chi connectivity index (χ0) is 29.5. The van der Waals surface area contributed by atoms with E-state index in [1.807, 2.05) is 0 Å². The Morgan fingerprint density at radius 2 is 1.82 bits per heavy atom. The van der Waals surface area contributed by atoms with E-state index in [1.165, 1.54) is 5.57 Å². The highest BCUT2D eigenvalue weighted by Gasteiger charge is 2.46. The van der Waals surface area contributed by atoms with Gasteiger partial charge in [-0.1, -0.05) is 71.4 Å². The molecule has 0 spiro atoms. The highest BCUT2D eigenvalue weighted by molar-refractivity contribution is 5.76. The number of carbonyl (C=O) groups excluding carboxylic acids is 1. The number of hydrogen-bond acceptors (Lipinski definition) is 6. The van der Waals surface area contributed by atoms with Crippen molar-refractivity contribution in [1.82, 2.24) is 0 Å². The van der Waals surface area contributed by atoms with Crippen molar-refractivity contribution in [2.24, 2.45) is 11.8 Å². The van der Waals surface area contributed by atoms with E-state index in [9.17, 15) is 14.9 Å². The Labute approximate surface area is 241 Å². The van der Waals surface area contributed by atoms with Crippen LogP contribution in [0.15, 0.2) is 23.8 Å². The Balaban J connectivity index is 1.91. The second-order valence-corrected chi connectivity index (χ2v) is 13.1. The number of rotatable bonds is 15. The first-order valence-corrected chi connectivity index (χ1v) is 15.4. The van der Waals surface area contributed by atoms with Gasteiger partial charge in [0.05, 0.1) is 12.5 Å². The van der Waals surface area contributed by atoms with Crippen LogP contribution in [0.5, 0.6) is 11.5 Å². The molecule has 0 saturated heterocycles. The third-order valence-corrected chi connectivity index (χ3v) is 8.98. The molecule has 0 aromatic heterocycles. The summed E-state index contributed by atoms with van der Waals surface area (Å²) in [5, 5.41) is 9.62. The number of allylic oxidation sites excluding steroid dienone is 2. The minimum atomic E-state index is -0.729. The smallest absolute Gasteiger partial charge is 0.314 e. The molecule has 40 heavy (non-hydrogen) atoms. The molecule has 2 atom stereocenters. The van der Waals surface area contributed by atoms with Crippen LogP contribution < -0.4 is 9.47 Å². The molecule has 1 aliphatic carbocycles. The number of nitrogens with zero attached hydrogens (tertiary/aromatic N) is 1. The van der Waals surface area contributed by atoms with E-state index >= 15 is 0 Å². The van der Waals surface area contributed by atoms with Gasteiger partial charge in [0.1, 0.15) is 17.1 Å². The molecule has 0 radical (unpaired) electrons. The van der Waals surface area contributed by atoms with Crippen LogP contribution in [0.1, 0.15) is 136 Å². The zero-order valence-corrected chi connectivity index (χ0v) is 25.8. The molecule has 1 heterocycles. The van der Waals surface area contributed by atoms with Gasteiger partial charge in [-0.15, -0.1) is 10.1 Å². The van der Waals surface area contributed by atoms with E-state index in [0.29, 0.717) is 18.1 Å². The second kappa shape index (κ2) is 13.9. The van der Waals surface area contributed by atoms with Crippen LogP contribution in [0.4, 0.5) is 0 Å². The molecule has 7 nitrogen and oxygen atoms in total. The number of fused-ring (bicyclic) bond motifs is 3. The molecule has 0 unspecified atom stereocenters. The molecule has 3 rings (SSSR count). The van der Waals surface area contributed by atoms with Crippen molar-refractivity contribution < 1.29 is 24.2 Å². The average Bonchev–Trinajstić information content (AvgIpc) is 2.86. The molecule has 0 saturated carbocycles. The number of unbranched alkanes of at least 4 members (excludes halogenated alkanes) is 3. The van der Waals surface area contributed by atoms with Crippen LogP contribution in [0.25, 0.3) is 0 Å². The molecule has 7 heteroatoms. The second-order valence-electron chi connectivity index (χ2n) is 13.1. The van der Waals surface area contributed by atoms with Crippen LogP contribution in [0.2, 0.25) is 0 Å². The molecule has 0 fully saturated rings. The number of ether oxygens (including phenoxy) is 2. The van der Waals surface area contributed by atoms with Gasteiger partial charge in [0, 0.05) is 17.4 Å². The van der Waals surface area contributed by atoms with Crippen molar-refractivity contribution in [3.05, 3.63) is 45.0 Å². The number of benzene rings is 1. The maximum absolute atomic E-state index is 13.5. The van der Waals surface area contributed by atoms with Crippen molar-refractivity contribution in [3.63, 3.8) is 0 Å². The SMILES string of the molecule is CCCC(CCC)C(=O)Oc1cc(C(C)(C)CCCCCCO[N+](=O)[O-])cc2c1[C@@H]1CC(C)=CC[C@H]1C(C)(C)O2. The summed E-state index contributed by atoms with van der Waals surface area (Å²) in [4.78, 5) is 28.3. The molecule has 1 aliphatic heterocycles. The summed E-state index contributed by atoms with van der Waals surface area (Å²) >= 11 is 0. The van der Waals surface area contributed by atoms with E-state index < -0.39 is 5.09 Å². The first kappa shape index (κ1) is 32.0. The summed E-state index contributed by atoms with van der Waals surface area (Å²) in [6.45, 7) is 15.4. The lowest BCUT2D eigenvalue weighted by atomic mass is 9.66. The maximum atomic E-state index is 13.5. The lowest BCUT2D eigenvalue weighted by Crippen LogP contribution is -2.45. The van der Waals surface area contributed by atoms with E-state index in [0.717, 1.165) is 81.1 Å². The third-order valence-electron chi connectivity index (χ3n) is 8.98. The van der Waals surface area contributed by atoms with E-state index in [1.54, 1.807) is 0 Å². The van der Waals surface area contributed by atoms with Gasteiger partial charge in [0.15, 0.2) is 0 Å². The molecule has 1 aromatic carbocycles. The zero-order valence-electron chi connectivity index (χ0n) is 25.8. The first-order valence-electron chi connectivity index (χ1n) is 15.4. The van der Waals surface area contributed by atoms with Gasteiger partial charge in [0.25, 0.3) is 5.09 Å². The van der Waals surface area contributed by atoms with Crippen molar-refractivity contribution in [1.29, 1.82) is 0 Å². The summed E-state index contributed by atoms with van der Waals surface area (Å²) < 4.78 is 13.1. The predicted octanol–water partition coefficient (Wildman–Crippen LogP) is 8.86. The van der Waals surface area contributed by atoms with E-state index in [4.69, 9.17) is 9.47 Å². The fraction of sp³-hybridized carbons (Fsp3) is 0.727. The van der Waals surface area contributed by atoms with Gasteiger partial charge in [-0.05, 0) is 82.4 Å². The molecule has 2 aliphatic rings. The highest BCUT2D eigenvalue weighted by Crippen LogP contribution is 2.55. The summed E-state index contributed by atoms with van der Waals surface area (Å²) in [7, 11) is 0. The maximum Gasteiger partial charge on any atom is 0.314 e. The lowest BCUT2D eigenvalue weighted by molar-refractivity contribution is -0.757. The predicted molar refractivity (Wildman–Crippen MR) is 158 cm³/mol. The van der Waals surface area contributed by atoms with E-state index in [2.05, 4.69) is 71.5 Å². The van der Waals surface area contributed by atoms with Crippen LogP contribution in [0.3, 0.4) is 0 Å². The summed E-state index contributed by atoms with van der Waals surface area (Å²) in [6.07, 6.45) is 12.3. The molecule has 1 aromatic rings. The Bertz CT molecular complexity index is 1050. The third kappa shape index (κ3) is 8.01. The van der Waals surface area contributed by atoms with Gasteiger partial charge >= 0.3 is 5.97 Å². The van der Waals surface area contributed by atoms with Crippen LogP contribution in [-0.4, -0.2) is 23.3 Å². The quantitative estimate of drug-likeness (QED) is 0.0534. The van der Waals surface area contributed by atoms with Crippen LogP contribution in [-0.2, 0) is 15.0 Å². The standard InChI is InChI=1S/C33H51NO6/c1-8-14-24(15-9-2)31(35)39-28-21-25(32(4,5)18-12-10-11-13-19-38-34(36)37)22-29-30(28)26-20-23(3)16-17-27(26)33(6,7)40-29/h16,21-22,24,26-27H,8-15,17-20H2,1-7H3/t26-,27-/m1/s1. The van der Waals surface area contributed by atoms with Crippen molar-refractivity contribution >= 4 is 5.97 Å². The van der Waals surface area contributed by atoms with Crippen molar-refractivity contribution in [3.8, 4) is 11.5 Å². The Morgan fingerprint density at radius 3 is 2.48 bits per heavy atom. The van der Waals surface area contributed by atoms with Gasteiger partial charge in [-0.3, -0.25) is 4.79 Å². The first-order chi connectivity index (χ1) is 18.9. The molecule has 0 amide bonds. The van der Waals surface area contributed by atoms with E-state index in [-0.39, 0.29) is 35.4 Å². The van der Waals surface area contributed by atoms with Crippen molar-refractivity contribution in [2.45, 2.75) is 136 Å². The van der Waals surface area contributed by atoms with Gasteiger partial charge < -0.3 is 14.3 Å². The minimum Gasteiger partial charge on any atom is -0.487 e. The average molecular weight is 558 g/mol. The highest BCUT2D eigenvalue weighted by atomic mass is 16.9. The normalized spacial score (nSPS) is 19.8. The van der Waals surface area contributed by atoms with Gasteiger partial charge in [0.2, 0.25) is 0 Å². The van der Waals surface area contributed by atoms with Crippen molar-refractivity contribution in [2.75, 3.05) is 6.61 Å². The minimum absolute atomic E-state index is 0.0914.